The van der Waals surface area contributed by atoms with Gasteiger partial charge in [0.2, 0.25) is 10.0 Å². The standard InChI is InChI=1S/C15H32N4O4S.HI/c1-5-16-13(17-10-14(2,3)19-24(4,21)22)18-11-15(6-8-20)7-9-23-12-15;/h19-20H,5-12H2,1-4H3,(H2,16,17,18);1H. The third kappa shape index (κ3) is 9.92. The minimum absolute atomic E-state index is 0. The van der Waals surface area contributed by atoms with Gasteiger partial charge in [-0.15, -0.1) is 24.0 Å². The van der Waals surface area contributed by atoms with Crippen molar-refractivity contribution in [3.63, 3.8) is 0 Å². The molecule has 0 radical (unpaired) electrons. The fourth-order valence-electron chi connectivity index (χ4n) is 2.74. The molecule has 0 spiro atoms. The molecule has 0 bridgehead atoms. The number of rotatable bonds is 9. The number of guanidine groups is 1. The predicted molar refractivity (Wildman–Crippen MR) is 111 cm³/mol. The Bertz CT molecular complexity index is 520. The van der Waals surface area contributed by atoms with Crippen LogP contribution in [0.2, 0.25) is 0 Å². The highest BCUT2D eigenvalue weighted by Crippen LogP contribution is 2.31. The largest absolute Gasteiger partial charge is 0.396 e. The number of hydrogen-bond donors (Lipinski definition) is 4. The lowest BCUT2D eigenvalue weighted by molar-refractivity contribution is 0.127. The van der Waals surface area contributed by atoms with Gasteiger partial charge in [-0.3, -0.25) is 4.99 Å². The summed E-state index contributed by atoms with van der Waals surface area (Å²) < 4.78 is 30.9. The Labute approximate surface area is 168 Å². The zero-order valence-corrected chi connectivity index (χ0v) is 18.7. The Morgan fingerprint density at radius 3 is 2.52 bits per heavy atom. The zero-order valence-electron chi connectivity index (χ0n) is 15.6. The molecule has 1 atom stereocenters. The van der Waals surface area contributed by atoms with Gasteiger partial charge in [0.15, 0.2) is 5.96 Å². The van der Waals surface area contributed by atoms with Crippen LogP contribution in [0.1, 0.15) is 33.6 Å². The Morgan fingerprint density at radius 1 is 1.36 bits per heavy atom. The smallest absolute Gasteiger partial charge is 0.209 e. The van der Waals surface area contributed by atoms with Crippen LogP contribution >= 0.6 is 24.0 Å². The lowest BCUT2D eigenvalue weighted by atomic mass is 9.84. The second-order valence-electron chi connectivity index (χ2n) is 7.08. The summed E-state index contributed by atoms with van der Waals surface area (Å²) in [4.78, 5) is 4.49. The number of nitrogens with zero attached hydrogens (tertiary/aromatic N) is 1. The van der Waals surface area contributed by atoms with E-state index in [4.69, 9.17) is 4.74 Å². The van der Waals surface area contributed by atoms with Crippen LogP contribution in [0.4, 0.5) is 0 Å². The maximum absolute atomic E-state index is 11.4. The van der Waals surface area contributed by atoms with Gasteiger partial charge >= 0.3 is 0 Å². The topological polar surface area (TPSA) is 112 Å². The first kappa shape index (κ1) is 24.8. The van der Waals surface area contributed by atoms with Crippen molar-refractivity contribution in [2.24, 2.45) is 10.4 Å². The van der Waals surface area contributed by atoms with Crippen LogP contribution in [0.15, 0.2) is 4.99 Å². The summed E-state index contributed by atoms with van der Waals surface area (Å²) in [5, 5.41) is 15.7. The third-order valence-electron chi connectivity index (χ3n) is 3.90. The molecule has 0 aromatic heterocycles. The minimum Gasteiger partial charge on any atom is -0.396 e. The van der Waals surface area contributed by atoms with Crippen LogP contribution in [-0.4, -0.2) is 70.7 Å². The van der Waals surface area contributed by atoms with Crippen LogP contribution in [0.25, 0.3) is 0 Å². The van der Waals surface area contributed by atoms with Gasteiger partial charge in [-0.25, -0.2) is 13.1 Å². The van der Waals surface area contributed by atoms with Crippen molar-refractivity contribution in [2.45, 2.75) is 39.2 Å². The first-order valence-corrected chi connectivity index (χ1v) is 10.2. The first-order valence-electron chi connectivity index (χ1n) is 8.31. The number of halogens is 1. The van der Waals surface area contributed by atoms with Crippen LogP contribution in [0.5, 0.6) is 0 Å². The molecular weight excluding hydrogens is 459 g/mol. The Kier molecular flexibility index (Phi) is 10.8. The van der Waals surface area contributed by atoms with Gasteiger partial charge in [-0.2, -0.15) is 0 Å². The van der Waals surface area contributed by atoms with E-state index in [1.807, 2.05) is 6.92 Å². The summed E-state index contributed by atoms with van der Waals surface area (Å²) in [5.74, 6) is 0.630. The number of hydrogen-bond acceptors (Lipinski definition) is 5. The van der Waals surface area contributed by atoms with Crippen LogP contribution in [-0.2, 0) is 14.8 Å². The molecule has 4 N–H and O–H groups in total. The van der Waals surface area contributed by atoms with Crippen molar-refractivity contribution in [2.75, 3.05) is 45.7 Å². The molecule has 1 rings (SSSR count). The van der Waals surface area contributed by atoms with E-state index in [2.05, 4.69) is 20.3 Å². The van der Waals surface area contributed by atoms with Gasteiger partial charge in [0.25, 0.3) is 0 Å². The van der Waals surface area contributed by atoms with E-state index in [1.54, 1.807) is 13.8 Å². The van der Waals surface area contributed by atoms with E-state index in [1.165, 1.54) is 0 Å². The van der Waals surface area contributed by atoms with Gasteiger partial charge < -0.3 is 20.5 Å². The van der Waals surface area contributed by atoms with E-state index < -0.39 is 15.6 Å². The van der Waals surface area contributed by atoms with Gasteiger partial charge in [-0.1, -0.05) is 0 Å². The van der Waals surface area contributed by atoms with Crippen LogP contribution < -0.4 is 15.4 Å². The van der Waals surface area contributed by atoms with Crippen LogP contribution in [0, 0.1) is 5.41 Å². The van der Waals surface area contributed by atoms with Crippen LogP contribution in [0.3, 0.4) is 0 Å². The molecule has 25 heavy (non-hydrogen) atoms. The summed E-state index contributed by atoms with van der Waals surface area (Å²) in [6, 6.07) is 0. The van der Waals surface area contributed by atoms with E-state index in [9.17, 15) is 13.5 Å². The summed E-state index contributed by atoms with van der Waals surface area (Å²) in [6.07, 6.45) is 2.72. The van der Waals surface area contributed by atoms with Crippen molar-refractivity contribution >= 4 is 40.0 Å². The summed E-state index contributed by atoms with van der Waals surface area (Å²) in [6.45, 7) is 8.68. The van der Waals surface area contributed by atoms with E-state index in [0.717, 1.165) is 12.7 Å². The molecule has 0 aliphatic carbocycles. The molecule has 1 aliphatic heterocycles. The summed E-state index contributed by atoms with van der Waals surface area (Å²) in [7, 11) is -3.29. The number of nitrogens with one attached hydrogen (secondary N) is 3. The third-order valence-corrected chi connectivity index (χ3v) is 4.82. The fraction of sp³-hybridized carbons (Fsp3) is 0.933. The van der Waals surface area contributed by atoms with E-state index >= 15 is 0 Å². The second-order valence-corrected chi connectivity index (χ2v) is 8.83. The highest BCUT2D eigenvalue weighted by Gasteiger charge is 2.34. The lowest BCUT2D eigenvalue weighted by Gasteiger charge is -2.28. The number of ether oxygens (including phenoxy) is 1. The molecule has 10 heteroatoms. The van der Waals surface area contributed by atoms with Crippen molar-refractivity contribution in [1.82, 2.24) is 15.4 Å². The van der Waals surface area contributed by atoms with Crippen molar-refractivity contribution in [3.8, 4) is 0 Å². The average Bonchev–Trinajstić information content (AvgIpc) is 2.89. The number of sulfonamides is 1. The van der Waals surface area contributed by atoms with E-state index in [-0.39, 0.29) is 36.0 Å². The highest BCUT2D eigenvalue weighted by atomic mass is 127. The average molecular weight is 492 g/mol. The fourth-order valence-corrected chi connectivity index (χ4v) is 3.80. The van der Waals surface area contributed by atoms with E-state index in [0.29, 0.717) is 45.2 Å². The monoisotopic (exact) mass is 492 g/mol. The summed E-state index contributed by atoms with van der Waals surface area (Å²) in [5.41, 5.74) is -0.749. The minimum atomic E-state index is -3.29. The molecule has 1 unspecified atom stereocenters. The molecule has 0 aromatic rings. The normalized spacial score (nSPS) is 21.7. The lowest BCUT2D eigenvalue weighted by Crippen LogP contribution is -2.48. The van der Waals surface area contributed by atoms with Crippen molar-refractivity contribution < 1.29 is 18.3 Å². The van der Waals surface area contributed by atoms with Crippen molar-refractivity contribution in [3.05, 3.63) is 0 Å². The SMILES string of the molecule is CCNC(=NCC(C)(C)NS(C)(=O)=O)NCC1(CCO)CCOC1.I. The molecule has 1 fully saturated rings. The molecule has 0 aromatic carbocycles. The predicted octanol–water partition coefficient (Wildman–Crippen LogP) is 0.276. The maximum atomic E-state index is 11.4. The van der Waals surface area contributed by atoms with Gasteiger partial charge in [0.05, 0.1) is 19.4 Å². The van der Waals surface area contributed by atoms with Crippen molar-refractivity contribution in [1.29, 1.82) is 0 Å². The number of aliphatic hydroxyl groups excluding tert-OH is 1. The Balaban J connectivity index is 0.00000576. The van der Waals surface area contributed by atoms with Gasteiger partial charge in [0.1, 0.15) is 0 Å². The first-order chi connectivity index (χ1) is 11.1. The zero-order chi connectivity index (χ0) is 18.3. The number of aliphatic hydroxyl groups is 1. The molecule has 0 saturated carbocycles. The Morgan fingerprint density at radius 2 is 2.04 bits per heavy atom. The molecule has 0 amide bonds. The quantitative estimate of drug-likeness (QED) is 0.209. The van der Waals surface area contributed by atoms with Gasteiger partial charge in [-0.05, 0) is 33.6 Å². The summed E-state index contributed by atoms with van der Waals surface area (Å²) >= 11 is 0. The second kappa shape index (κ2) is 10.9. The highest BCUT2D eigenvalue weighted by molar-refractivity contribution is 14.0. The molecular formula is C15H33IN4O4S. The molecule has 8 nitrogen and oxygen atoms in total. The van der Waals surface area contributed by atoms with Gasteiger partial charge in [0, 0.05) is 37.3 Å². The molecule has 150 valence electrons. The maximum Gasteiger partial charge on any atom is 0.209 e. The Hall–Kier alpha value is -0.170. The molecule has 1 saturated heterocycles. The number of aliphatic imine (C=N–C) groups is 1. The molecule has 1 aliphatic rings. The molecule has 1 heterocycles.